The number of amides is 1. The Kier molecular flexibility index (Phi) is 4.16. The molecule has 2 heterocycles. The average molecular weight is 283 g/mol. The first-order chi connectivity index (χ1) is 8.97. The lowest BCUT2D eigenvalue weighted by Crippen LogP contribution is -2.40. The summed E-state index contributed by atoms with van der Waals surface area (Å²) in [4.78, 5) is 15.9. The first-order valence-corrected chi connectivity index (χ1v) is 7.97. The van der Waals surface area contributed by atoms with Gasteiger partial charge in [0.15, 0.2) is 0 Å². The summed E-state index contributed by atoms with van der Waals surface area (Å²) in [5.41, 5.74) is 0.665. The second-order valence-electron chi connectivity index (χ2n) is 4.67. The third-order valence-corrected chi connectivity index (χ3v) is 4.53. The lowest BCUT2D eigenvalue weighted by atomic mass is 9.97. The van der Waals surface area contributed by atoms with Gasteiger partial charge in [0.1, 0.15) is 0 Å². The van der Waals surface area contributed by atoms with Gasteiger partial charge in [-0.25, -0.2) is 12.7 Å². The molecule has 1 aliphatic rings. The van der Waals surface area contributed by atoms with Crippen molar-refractivity contribution in [1.82, 2.24) is 9.29 Å². The van der Waals surface area contributed by atoms with E-state index in [1.807, 2.05) is 0 Å². The highest BCUT2D eigenvalue weighted by Gasteiger charge is 2.28. The predicted molar refractivity (Wildman–Crippen MR) is 72.0 cm³/mol. The van der Waals surface area contributed by atoms with Crippen LogP contribution in [-0.2, 0) is 14.8 Å². The number of carbonyl (C=O) groups excluding carboxylic acids is 1. The van der Waals surface area contributed by atoms with Gasteiger partial charge in [0.25, 0.3) is 0 Å². The van der Waals surface area contributed by atoms with Crippen molar-refractivity contribution in [2.45, 2.75) is 12.8 Å². The van der Waals surface area contributed by atoms with E-state index in [1.165, 1.54) is 10.6 Å². The van der Waals surface area contributed by atoms with Gasteiger partial charge in [0, 0.05) is 25.2 Å². The fourth-order valence-electron chi connectivity index (χ4n) is 2.13. The molecule has 1 aromatic heterocycles. The Morgan fingerprint density at radius 1 is 1.42 bits per heavy atom. The van der Waals surface area contributed by atoms with Crippen molar-refractivity contribution in [2.75, 3.05) is 24.7 Å². The van der Waals surface area contributed by atoms with Gasteiger partial charge in [0.05, 0.1) is 18.1 Å². The van der Waals surface area contributed by atoms with Gasteiger partial charge in [0.2, 0.25) is 15.9 Å². The number of sulfonamides is 1. The van der Waals surface area contributed by atoms with Crippen LogP contribution in [0.1, 0.15) is 12.8 Å². The van der Waals surface area contributed by atoms with Crippen LogP contribution < -0.4 is 5.32 Å². The number of carbonyl (C=O) groups is 1. The zero-order chi connectivity index (χ0) is 13.9. The fraction of sp³-hybridized carbons (Fsp3) is 0.500. The molecule has 1 N–H and O–H groups in total. The highest BCUT2D eigenvalue weighted by molar-refractivity contribution is 7.88. The van der Waals surface area contributed by atoms with Crippen LogP contribution in [0.5, 0.6) is 0 Å². The molecule has 1 saturated heterocycles. The molecule has 0 atom stereocenters. The van der Waals surface area contributed by atoms with E-state index in [4.69, 9.17) is 0 Å². The van der Waals surface area contributed by atoms with Gasteiger partial charge in [-0.15, -0.1) is 0 Å². The molecule has 2 rings (SSSR count). The molecule has 104 valence electrons. The minimum absolute atomic E-state index is 0.0684. The summed E-state index contributed by atoms with van der Waals surface area (Å²) in [6.07, 6.45) is 5.53. The van der Waals surface area contributed by atoms with Crippen molar-refractivity contribution in [2.24, 2.45) is 5.92 Å². The van der Waals surface area contributed by atoms with Gasteiger partial charge < -0.3 is 5.32 Å². The summed E-state index contributed by atoms with van der Waals surface area (Å²) >= 11 is 0. The maximum absolute atomic E-state index is 12.0. The Hall–Kier alpha value is -1.47. The van der Waals surface area contributed by atoms with E-state index < -0.39 is 10.0 Å². The number of piperidine rings is 1. The quantitative estimate of drug-likeness (QED) is 0.885. The molecule has 1 amide bonds. The van der Waals surface area contributed by atoms with E-state index in [1.54, 1.807) is 24.5 Å². The molecule has 6 nitrogen and oxygen atoms in total. The zero-order valence-electron chi connectivity index (χ0n) is 10.7. The van der Waals surface area contributed by atoms with Crippen LogP contribution in [0.25, 0.3) is 0 Å². The maximum atomic E-state index is 12.0. The van der Waals surface area contributed by atoms with E-state index in [0.717, 1.165) is 0 Å². The second-order valence-corrected chi connectivity index (χ2v) is 6.65. The molecule has 0 unspecified atom stereocenters. The van der Waals surface area contributed by atoms with Crippen LogP contribution in [0, 0.1) is 5.92 Å². The van der Waals surface area contributed by atoms with Crippen LogP contribution in [0.2, 0.25) is 0 Å². The molecule has 1 aromatic rings. The first-order valence-electron chi connectivity index (χ1n) is 6.13. The van der Waals surface area contributed by atoms with E-state index in [9.17, 15) is 13.2 Å². The minimum Gasteiger partial charge on any atom is -0.324 e. The number of pyridine rings is 1. The Labute approximate surface area is 112 Å². The average Bonchev–Trinajstić information content (AvgIpc) is 2.39. The smallest absolute Gasteiger partial charge is 0.227 e. The van der Waals surface area contributed by atoms with E-state index in [2.05, 4.69) is 10.3 Å². The Bertz CT molecular complexity index is 537. The van der Waals surface area contributed by atoms with Crippen molar-refractivity contribution in [3.05, 3.63) is 24.5 Å². The number of nitrogens with one attached hydrogen (secondary N) is 1. The van der Waals surface area contributed by atoms with Crippen LogP contribution in [0.15, 0.2) is 24.5 Å². The highest BCUT2D eigenvalue weighted by Crippen LogP contribution is 2.20. The largest absolute Gasteiger partial charge is 0.324 e. The maximum Gasteiger partial charge on any atom is 0.227 e. The molecule has 0 spiro atoms. The number of aromatic nitrogens is 1. The standard InChI is InChI=1S/C12H17N3O3S/c1-19(17,18)15-7-4-10(5-8-15)12(16)14-11-3-2-6-13-9-11/h2-3,6,9-10H,4-5,7-8H2,1H3,(H,14,16). The number of hydrogen-bond donors (Lipinski definition) is 1. The van der Waals surface area contributed by atoms with Crippen LogP contribution >= 0.6 is 0 Å². The zero-order valence-corrected chi connectivity index (χ0v) is 11.6. The summed E-state index contributed by atoms with van der Waals surface area (Å²) in [6, 6.07) is 3.53. The van der Waals surface area contributed by atoms with Crippen molar-refractivity contribution >= 4 is 21.6 Å². The number of hydrogen-bond acceptors (Lipinski definition) is 4. The lowest BCUT2D eigenvalue weighted by Gasteiger charge is -2.29. The molecule has 0 aromatic carbocycles. The normalized spacial score (nSPS) is 18.2. The van der Waals surface area contributed by atoms with Gasteiger partial charge in [-0.1, -0.05) is 0 Å². The van der Waals surface area contributed by atoms with Crippen molar-refractivity contribution in [1.29, 1.82) is 0 Å². The number of anilines is 1. The molecule has 1 fully saturated rings. The van der Waals surface area contributed by atoms with Crippen molar-refractivity contribution in [3.63, 3.8) is 0 Å². The molecule has 1 aliphatic heterocycles. The summed E-state index contributed by atoms with van der Waals surface area (Å²) in [5.74, 6) is -0.209. The molecule has 0 saturated carbocycles. The molecule has 7 heteroatoms. The van der Waals surface area contributed by atoms with Gasteiger partial charge in [-0.2, -0.15) is 0 Å². The van der Waals surface area contributed by atoms with Gasteiger partial charge in [-0.05, 0) is 25.0 Å². The highest BCUT2D eigenvalue weighted by atomic mass is 32.2. The number of nitrogens with zero attached hydrogens (tertiary/aromatic N) is 2. The Morgan fingerprint density at radius 3 is 2.63 bits per heavy atom. The molecular weight excluding hydrogens is 266 g/mol. The van der Waals surface area contributed by atoms with Crippen LogP contribution in [-0.4, -0.2) is 43.0 Å². The fourth-order valence-corrected chi connectivity index (χ4v) is 3.00. The van der Waals surface area contributed by atoms with Gasteiger partial charge in [-0.3, -0.25) is 9.78 Å². The summed E-state index contributed by atoms with van der Waals surface area (Å²) in [5, 5.41) is 2.80. The SMILES string of the molecule is CS(=O)(=O)N1CCC(C(=O)Nc2cccnc2)CC1. The van der Waals surface area contributed by atoms with E-state index in [0.29, 0.717) is 31.6 Å². The predicted octanol–water partition coefficient (Wildman–Crippen LogP) is 0.692. The van der Waals surface area contributed by atoms with E-state index in [-0.39, 0.29) is 11.8 Å². The van der Waals surface area contributed by atoms with Crippen molar-refractivity contribution < 1.29 is 13.2 Å². The van der Waals surface area contributed by atoms with Gasteiger partial charge >= 0.3 is 0 Å². The topological polar surface area (TPSA) is 79.4 Å². The molecule has 0 radical (unpaired) electrons. The first kappa shape index (κ1) is 14.0. The third kappa shape index (κ3) is 3.74. The lowest BCUT2D eigenvalue weighted by molar-refractivity contribution is -0.120. The molecule has 0 aliphatic carbocycles. The Balaban J connectivity index is 1.90. The third-order valence-electron chi connectivity index (χ3n) is 3.22. The monoisotopic (exact) mass is 283 g/mol. The minimum atomic E-state index is -3.14. The summed E-state index contributed by atoms with van der Waals surface area (Å²) in [7, 11) is -3.14. The summed E-state index contributed by atoms with van der Waals surface area (Å²) < 4.78 is 24.2. The van der Waals surface area contributed by atoms with E-state index >= 15 is 0 Å². The van der Waals surface area contributed by atoms with Crippen molar-refractivity contribution in [3.8, 4) is 0 Å². The van der Waals surface area contributed by atoms with Crippen LogP contribution in [0.4, 0.5) is 5.69 Å². The van der Waals surface area contributed by atoms with Crippen LogP contribution in [0.3, 0.4) is 0 Å². The molecular formula is C12H17N3O3S. The molecule has 0 bridgehead atoms. The summed E-state index contributed by atoms with van der Waals surface area (Å²) in [6.45, 7) is 0.813. The second kappa shape index (κ2) is 5.66. The number of rotatable bonds is 3. The Morgan fingerprint density at radius 2 is 2.11 bits per heavy atom. The molecule has 19 heavy (non-hydrogen) atoms.